The van der Waals surface area contributed by atoms with Gasteiger partial charge in [0, 0.05) is 0 Å². The van der Waals surface area contributed by atoms with Crippen LogP contribution in [0, 0.1) is 5.41 Å². The minimum atomic E-state index is -4.24. The highest BCUT2D eigenvalue weighted by Gasteiger charge is 2.31. The van der Waals surface area contributed by atoms with Crippen molar-refractivity contribution in [1.82, 2.24) is 0 Å². The molecule has 0 aliphatic rings. The van der Waals surface area contributed by atoms with E-state index in [1.165, 1.54) is 0 Å². The smallest absolute Gasteiger partial charge is 0.282 e. The lowest BCUT2D eigenvalue weighted by molar-refractivity contribution is 0.273. The molecule has 0 aromatic heterocycles. The van der Waals surface area contributed by atoms with Gasteiger partial charge in [0.05, 0.1) is 4.90 Å². The first-order valence-corrected chi connectivity index (χ1v) is 9.92. The molecule has 0 bridgehead atoms. The van der Waals surface area contributed by atoms with Crippen LogP contribution < -0.4 is 0 Å². The Balaban J connectivity index is 3.47. The first-order valence-electron chi connectivity index (χ1n) is 8.48. The van der Waals surface area contributed by atoms with Gasteiger partial charge >= 0.3 is 0 Å². The molecule has 1 atom stereocenters. The molecule has 0 saturated carbocycles. The highest BCUT2D eigenvalue weighted by atomic mass is 32.2. The maximum Gasteiger partial charge on any atom is 0.294 e. The molecule has 23 heavy (non-hydrogen) atoms. The Bertz CT molecular complexity index is 643. The fourth-order valence-electron chi connectivity index (χ4n) is 3.08. The summed E-state index contributed by atoms with van der Waals surface area (Å²) in [4.78, 5) is 0.0565. The van der Waals surface area contributed by atoms with Gasteiger partial charge in [-0.2, -0.15) is 8.42 Å². The molecule has 0 heterocycles. The van der Waals surface area contributed by atoms with Crippen molar-refractivity contribution in [2.24, 2.45) is 5.41 Å². The fraction of sp³-hybridized carbons (Fsp3) is 0.684. The van der Waals surface area contributed by atoms with Crippen LogP contribution in [0.25, 0.3) is 0 Å². The van der Waals surface area contributed by atoms with Crippen LogP contribution in [0.5, 0.6) is 0 Å². The molecule has 4 heteroatoms. The van der Waals surface area contributed by atoms with E-state index in [4.69, 9.17) is 0 Å². The molecule has 0 aliphatic heterocycles. The maximum absolute atomic E-state index is 11.9. The molecule has 132 valence electrons. The van der Waals surface area contributed by atoms with Crippen LogP contribution in [0.15, 0.2) is 23.1 Å². The summed E-state index contributed by atoms with van der Waals surface area (Å²) in [6.07, 6.45) is 2.95. The Labute approximate surface area is 142 Å². The van der Waals surface area contributed by atoms with E-state index in [1.54, 1.807) is 6.07 Å². The summed E-state index contributed by atoms with van der Waals surface area (Å²) in [7, 11) is -4.24. The molecule has 1 rings (SSSR count). The summed E-state index contributed by atoms with van der Waals surface area (Å²) in [5.41, 5.74) is 1.43. The Morgan fingerprint density at radius 2 is 1.70 bits per heavy atom. The number of rotatable bonds is 7. The second-order valence-electron chi connectivity index (χ2n) is 7.93. The van der Waals surface area contributed by atoms with Gasteiger partial charge in [-0.3, -0.25) is 4.55 Å². The van der Waals surface area contributed by atoms with E-state index < -0.39 is 10.1 Å². The van der Waals surface area contributed by atoms with Gasteiger partial charge in [-0.15, -0.1) is 0 Å². The van der Waals surface area contributed by atoms with Gasteiger partial charge in [0.2, 0.25) is 0 Å². The van der Waals surface area contributed by atoms with E-state index in [0.717, 1.165) is 24.8 Å². The van der Waals surface area contributed by atoms with Crippen molar-refractivity contribution in [3.05, 3.63) is 29.3 Å². The summed E-state index contributed by atoms with van der Waals surface area (Å²) in [5.74, 6) is 0.210. The van der Waals surface area contributed by atoms with Crippen molar-refractivity contribution in [2.75, 3.05) is 0 Å². The topological polar surface area (TPSA) is 54.4 Å². The lowest BCUT2D eigenvalue weighted by Crippen LogP contribution is -2.22. The quantitative estimate of drug-likeness (QED) is 0.662. The highest BCUT2D eigenvalue weighted by molar-refractivity contribution is 7.85. The molecule has 0 amide bonds. The molecule has 1 aromatic rings. The molecule has 0 spiro atoms. The number of hydrogen-bond acceptors (Lipinski definition) is 2. The van der Waals surface area contributed by atoms with Crippen LogP contribution in [0.1, 0.15) is 84.8 Å². The largest absolute Gasteiger partial charge is 0.294 e. The summed E-state index contributed by atoms with van der Waals surface area (Å²) in [6.45, 7) is 14.7. The van der Waals surface area contributed by atoms with Crippen molar-refractivity contribution in [2.45, 2.75) is 84.0 Å². The Morgan fingerprint density at radius 3 is 2.13 bits per heavy atom. The number of hydrogen-bond donors (Lipinski definition) is 1. The van der Waals surface area contributed by atoms with Crippen LogP contribution >= 0.6 is 0 Å². The second-order valence-corrected chi connectivity index (χ2v) is 9.32. The van der Waals surface area contributed by atoms with Crippen molar-refractivity contribution in [3.63, 3.8) is 0 Å². The zero-order valence-corrected chi connectivity index (χ0v) is 16.4. The third-order valence-electron chi connectivity index (χ3n) is 5.46. The van der Waals surface area contributed by atoms with Crippen LogP contribution in [-0.4, -0.2) is 13.0 Å². The third kappa shape index (κ3) is 4.57. The third-order valence-corrected chi connectivity index (χ3v) is 6.36. The predicted octanol–water partition coefficient (Wildman–Crippen LogP) is 5.55. The highest BCUT2D eigenvalue weighted by Crippen LogP contribution is 2.41. The average Bonchev–Trinajstić information content (AvgIpc) is 2.44. The van der Waals surface area contributed by atoms with Crippen molar-refractivity contribution in [3.8, 4) is 0 Å². The zero-order valence-electron chi connectivity index (χ0n) is 15.6. The summed E-state index contributed by atoms with van der Waals surface area (Å²) >= 11 is 0. The van der Waals surface area contributed by atoms with Crippen LogP contribution in [0.3, 0.4) is 0 Å². The van der Waals surface area contributed by atoms with Crippen LogP contribution in [0.2, 0.25) is 0 Å². The second kappa shape index (κ2) is 6.94. The van der Waals surface area contributed by atoms with Crippen LogP contribution in [-0.2, 0) is 15.5 Å². The van der Waals surface area contributed by atoms with E-state index >= 15 is 0 Å². The maximum atomic E-state index is 11.9. The van der Waals surface area contributed by atoms with Gasteiger partial charge in [-0.1, -0.05) is 67.0 Å². The van der Waals surface area contributed by atoms with E-state index in [1.807, 2.05) is 32.9 Å². The minimum absolute atomic E-state index is 0.0565. The molecular weight excluding hydrogens is 308 g/mol. The van der Waals surface area contributed by atoms with E-state index in [0.29, 0.717) is 5.56 Å². The van der Waals surface area contributed by atoms with Gasteiger partial charge < -0.3 is 0 Å². The van der Waals surface area contributed by atoms with Gasteiger partial charge in [-0.25, -0.2) is 0 Å². The first-order chi connectivity index (χ1) is 10.4. The molecule has 0 aliphatic carbocycles. The summed E-state index contributed by atoms with van der Waals surface area (Å²) in [6, 6.07) is 5.56. The SMILES string of the molecule is CCCC(C)(C)C(C)c1ccc(C(C)(C)CC)c(S(=O)(=O)O)c1. The fourth-order valence-corrected chi connectivity index (χ4v) is 3.99. The lowest BCUT2D eigenvalue weighted by Gasteiger charge is -2.33. The van der Waals surface area contributed by atoms with Crippen molar-refractivity contribution < 1.29 is 13.0 Å². The predicted molar refractivity (Wildman–Crippen MR) is 96.7 cm³/mol. The summed E-state index contributed by atoms with van der Waals surface area (Å²) < 4.78 is 33.6. The van der Waals surface area contributed by atoms with Gasteiger partial charge in [0.25, 0.3) is 10.1 Å². The molecule has 1 unspecified atom stereocenters. The molecule has 0 fully saturated rings. The monoisotopic (exact) mass is 340 g/mol. The van der Waals surface area contributed by atoms with Gasteiger partial charge in [-0.05, 0) is 46.8 Å². The standard InChI is InChI=1S/C19H32O3S/c1-8-12-19(6,7)14(3)15-10-11-16(18(4,5)9-2)17(13-15)23(20,21)22/h10-11,13-14H,8-9,12H2,1-7H3,(H,20,21,22). The van der Waals surface area contributed by atoms with Crippen molar-refractivity contribution >= 4 is 10.1 Å². The Morgan fingerprint density at radius 1 is 1.13 bits per heavy atom. The molecule has 1 aromatic carbocycles. The van der Waals surface area contributed by atoms with Crippen LogP contribution in [0.4, 0.5) is 0 Å². The minimum Gasteiger partial charge on any atom is -0.282 e. The number of benzene rings is 1. The Hall–Kier alpha value is -0.870. The molecule has 3 nitrogen and oxygen atoms in total. The van der Waals surface area contributed by atoms with Crippen molar-refractivity contribution in [1.29, 1.82) is 0 Å². The molecular formula is C19H32O3S. The molecule has 0 saturated heterocycles. The van der Waals surface area contributed by atoms with E-state index in [9.17, 15) is 13.0 Å². The molecule has 1 N–H and O–H groups in total. The van der Waals surface area contributed by atoms with E-state index in [-0.39, 0.29) is 21.6 Å². The zero-order chi connectivity index (χ0) is 18.1. The summed E-state index contributed by atoms with van der Waals surface area (Å²) in [5, 5.41) is 0. The normalized spacial score (nSPS) is 14.8. The van der Waals surface area contributed by atoms with E-state index in [2.05, 4.69) is 27.7 Å². The lowest BCUT2D eigenvalue weighted by atomic mass is 9.72. The first kappa shape index (κ1) is 20.2. The Kier molecular flexibility index (Phi) is 6.09. The molecule has 0 radical (unpaired) electrons. The average molecular weight is 341 g/mol. The van der Waals surface area contributed by atoms with Gasteiger partial charge in [0.1, 0.15) is 0 Å². The van der Waals surface area contributed by atoms with Gasteiger partial charge in [0.15, 0.2) is 0 Å².